The van der Waals surface area contributed by atoms with Crippen LogP contribution in [-0.2, 0) is 13.0 Å². The lowest BCUT2D eigenvalue weighted by molar-refractivity contribution is 0.142. The maximum Gasteiger partial charge on any atom is 0.112 e. The van der Waals surface area contributed by atoms with Gasteiger partial charge in [0.2, 0.25) is 0 Å². The van der Waals surface area contributed by atoms with Crippen molar-refractivity contribution >= 4 is 11.0 Å². The molecule has 2 aromatic rings. The Hall–Kier alpha value is -1.35. The third-order valence-corrected chi connectivity index (χ3v) is 3.09. The topological polar surface area (TPSA) is 38.0 Å². The Morgan fingerprint density at radius 2 is 2.33 bits per heavy atom. The van der Waals surface area contributed by atoms with Crippen LogP contribution in [0.4, 0.5) is 0 Å². The summed E-state index contributed by atoms with van der Waals surface area (Å²) in [6.07, 6.45) is 1.32. The number of rotatable bonds is 0. The number of aromatic nitrogens is 2. The van der Waals surface area contributed by atoms with Gasteiger partial charge in [-0.05, 0) is 31.0 Å². The second-order valence-corrected chi connectivity index (χ2v) is 4.32. The molecule has 0 aliphatic carbocycles. The van der Waals surface area contributed by atoms with Crippen LogP contribution in [0.1, 0.15) is 17.8 Å². The van der Waals surface area contributed by atoms with E-state index < -0.39 is 0 Å². The Morgan fingerprint density at radius 1 is 1.47 bits per heavy atom. The molecule has 0 saturated carbocycles. The molecule has 1 aromatic heterocycles. The van der Waals surface area contributed by atoms with Gasteiger partial charge in [0.15, 0.2) is 0 Å². The highest BCUT2D eigenvalue weighted by Crippen LogP contribution is 2.23. The molecule has 0 radical (unpaired) electrons. The molecule has 2 heterocycles. The van der Waals surface area contributed by atoms with E-state index in [0.29, 0.717) is 6.42 Å². The average molecular weight is 202 g/mol. The fourth-order valence-electron chi connectivity index (χ4n) is 2.28. The van der Waals surface area contributed by atoms with Crippen molar-refractivity contribution in [3.05, 3.63) is 29.6 Å². The van der Waals surface area contributed by atoms with Crippen molar-refractivity contribution in [3.8, 4) is 0 Å². The molecular weight excluding hydrogens is 188 g/mol. The minimum Gasteiger partial charge on any atom is -0.393 e. The number of imidazole rings is 1. The molecule has 3 heteroatoms. The third kappa shape index (κ3) is 1.35. The number of hydrogen-bond acceptors (Lipinski definition) is 2. The van der Waals surface area contributed by atoms with Crippen LogP contribution in [0.2, 0.25) is 0 Å². The van der Waals surface area contributed by atoms with Crippen molar-refractivity contribution in [3.63, 3.8) is 0 Å². The first kappa shape index (κ1) is 8.92. The first-order valence-electron chi connectivity index (χ1n) is 5.38. The summed E-state index contributed by atoms with van der Waals surface area (Å²) in [6.45, 7) is 2.98. The second-order valence-electron chi connectivity index (χ2n) is 4.32. The number of fused-ring (bicyclic) bond motifs is 3. The molecule has 1 aromatic carbocycles. The van der Waals surface area contributed by atoms with E-state index in [1.807, 2.05) is 0 Å². The van der Waals surface area contributed by atoms with E-state index in [-0.39, 0.29) is 6.10 Å². The summed E-state index contributed by atoms with van der Waals surface area (Å²) in [6, 6.07) is 6.31. The van der Waals surface area contributed by atoms with Gasteiger partial charge in [-0.2, -0.15) is 0 Å². The van der Waals surface area contributed by atoms with E-state index in [1.165, 1.54) is 11.1 Å². The van der Waals surface area contributed by atoms with Crippen LogP contribution >= 0.6 is 0 Å². The van der Waals surface area contributed by atoms with Crippen molar-refractivity contribution in [1.29, 1.82) is 0 Å². The zero-order valence-corrected chi connectivity index (χ0v) is 8.77. The largest absolute Gasteiger partial charge is 0.393 e. The third-order valence-electron chi connectivity index (χ3n) is 3.09. The van der Waals surface area contributed by atoms with Gasteiger partial charge in [0.05, 0.1) is 17.1 Å². The Balaban J connectivity index is 2.24. The number of aryl methyl sites for hydroxylation is 2. The summed E-state index contributed by atoms with van der Waals surface area (Å²) in [5, 5.41) is 9.58. The number of nitrogens with zero attached hydrogens (tertiary/aromatic N) is 2. The molecule has 0 bridgehead atoms. The minimum atomic E-state index is -0.213. The van der Waals surface area contributed by atoms with E-state index in [4.69, 9.17) is 0 Å². The van der Waals surface area contributed by atoms with E-state index in [1.54, 1.807) is 0 Å². The number of aliphatic hydroxyl groups excluding tert-OH is 1. The van der Waals surface area contributed by atoms with Crippen LogP contribution in [-0.4, -0.2) is 20.8 Å². The van der Waals surface area contributed by atoms with Crippen molar-refractivity contribution in [1.82, 2.24) is 9.55 Å². The summed E-state index contributed by atoms with van der Waals surface area (Å²) >= 11 is 0. The molecule has 3 rings (SSSR count). The average Bonchev–Trinajstić information content (AvgIpc) is 2.54. The normalized spacial score (nSPS) is 20.5. The Kier molecular flexibility index (Phi) is 1.83. The first-order valence-corrected chi connectivity index (χ1v) is 5.38. The maximum absolute atomic E-state index is 9.58. The summed E-state index contributed by atoms with van der Waals surface area (Å²) in [7, 11) is 0. The lowest BCUT2D eigenvalue weighted by atomic mass is 10.1. The molecule has 1 atom stereocenters. The van der Waals surface area contributed by atoms with E-state index in [9.17, 15) is 5.11 Å². The molecule has 1 unspecified atom stereocenters. The molecule has 0 saturated heterocycles. The summed E-state index contributed by atoms with van der Waals surface area (Å²) in [5.41, 5.74) is 3.51. The van der Waals surface area contributed by atoms with Gasteiger partial charge >= 0.3 is 0 Å². The van der Waals surface area contributed by atoms with Gasteiger partial charge in [-0.1, -0.05) is 6.07 Å². The van der Waals surface area contributed by atoms with Crippen LogP contribution in [0.3, 0.4) is 0 Å². The molecule has 1 aliphatic heterocycles. The number of aliphatic hydroxyl groups is 1. The monoisotopic (exact) mass is 202 g/mol. The second kappa shape index (κ2) is 3.07. The maximum atomic E-state index is 9.58. The van der Waals surface area contributed by atoms with Gasteiger partial charge in [-0.15, -0.1) is 0 Å². The first-order chi connectivity index (χ1) is 7.24. The highest BCUT2D eigenvalue weighted by molar-refractivity contribution is 5.77. The molecule has 0 fully saturated rings. The van der Waals surface area contributed by atoms with Crippen LogP contribution in [0.15, 0.2) is 18.2 Å². The Labute approximate surface area is 88.4 Å². The number of benzene rings is 1. The SMILES string of the molecule is Cc1ccc2nc3n(c2c1)CCC(O)C3. The molecule has 3 nitrogen and oxygen atoms in total. The van der Waals surface area contributed by atoms with Crippen LogP contribution in [0, 0.1) is 6.92 Å². The van der Waals surface area contributed by atoms with Crippen LogP contribution < -0.4 is 0 Å². The standard InChI is InChI=1S/C12H14N2O/c1-8-2-3-10-11(6-8)14-5-4-9(15)7-12(14)13-10/h2-3,6,9,15H,4-5,7H2,1H3. The highest BCUT2D eigenvalue weighted by Gasteiger charge is 2.19. The van der Waals surface area contributed by atoms with E-state index in [0.717, 1.165) is 24.3 Å². The molecule has 78 valence electrons. The Bertz CT molecular complexity index is 516. The van der Waals surface area contributed by atoms with Gasteiger partial charge in [0.25, 0.3) is 0 Å². The van der Waals surface area contributed by atoms with Gasteiger partial charge in [-0.3, -0.25) is 0 Å². The zero-order chi connectivity index (χ0) is 10.4. The van der Waals surface area contributed by atoms with Crippen molar-refractivity contribution in [2.75, 3.05) is 0 Å². The fraction of sp³-hybridized carbons (Fsp3) is 0.417. The van der Waals surface area contributed by atoms with Crippen LogP contribution in [0.5, 0.6) is 0 Å². The summed E-state index contributed by atoms with van der Waals surface area (Å²) < 4.78 is 2.23. The van der Waals surface area contributed by atoms with Crippen molar-refractivity contribution in [2.24, 2.45) is 0 Å². The van der Waals surface area contributed by atoms with Crippen molar-refractivity contribution < 1.29 is 5.11 Å². The van der Waals surface area contributed by atoms with Gasteiger partial charge in [-0.25, -0.2) is 4.98 Å². The van der Waals surface area contributed by atoms with E-state index >= 15 is 0 Å². The molecular formula is C12H14N2O. The molecule has 1 N–H and O–H groups in total. The van der Waals surface area contributed by atoms with E-state index in [2.05, 4.69) is 34.7 Å². The predicted molar refractivity (Wildman–Crippen MR) is 58.8 cm³/mol. The zero-order valence-electron chi connectivity index (χ0n) is 8.77. The quantitative estimate of drug-likeness (QED) is 0.705. The Morgan fingerprint density at radius 3 is 3.20 bits per heavy atom. The molecule has 15 heavy (non-hydrogen) atoms. The lowest BCUT2D eigenvalue weighted by Crippen LogP contribution is -2.23. The summed E-state index contributed by atoms with van der Waals surface area (Å²) in [4.78, 5) is 4.55. The van der Waals surface area contributed by atoms with Gasteiger partial charge in [0, 0.05) is 13.0 Å². The smallest absolute Gasteiger partial charge is 0.112 e. The molecule has 0 spiro atoms. The molecule has 1 aliphatic rings. The predicted octanol–water partition coefficient (Wildman–Crippen LogP) is 1.65. The van der Waals surface area contributed by atoms with Gasteiger partial charge in [0.1, 0.15) is 5.82 Å². The lowest BCUT2D eigenvalue weighted by Gasteiger charge is -2.19. The number of hydrogen-bond donors (Lipinski definition) is 1. The van der Waals surface area contributed by atoms with Crippen LogP contribution in [0.25, 0.3) is 11.0 Å². The van der Waals surface area contributed by atoms with Crippen molar-refractivity contribution in [2.45, 2.75) is 32.4 Å². The molecule has 0 amide bonds. The van der Waals surface area contributed by atoms with Gasteiger partial charge < -0.3 is 9.67 Å². The highest BCUT2D eigenvalue weighted by atomic mass is 16.3. The minimum absolute atomic E-state index is 0.213. The fourth-order valence-corrected chi connectivity index (χ4v) is 2.28. The summed E-state index contributed by atoms with van der Waals surface area (Å²) in [5.74, 6) is 1.02.